The fourth-order valence-electron chi connectivity index (χ4n) is 5.08. The summed E-state index contributed by atoms with van der Waals surface area (Å²) in [4.78, 5) is 77.9. The number of aromatic amines is 1. The first-order valence-electron chi connectivity index (χ1n) is 16.2. The molecule has 1 saturated heterocycles. The van der Waals surface area contributed by atoms with Gasteiger partial charge in [0.15, 0.2) is 0 Å². The Balaban J connectivity index is 2.01. The van der Waals surface area contributed by atoms with Gasteiger partial charge in [-0.15, -0.1) is 0 Å². The first-order valence-corrected chi connectivity index (χ1v) is 16.2. The zero-order valence-electron chi connectivity index (χ0n) is 28.3. The topological polar surface area (TPSA) is 308 Å². The van der Waals surface area contributed by atoms with Crippen molar-refractivity contribution >= 4 is 35.8 Å². The van der Waals surface area contributed by atoms with Crippen molar-refractivity contribution in [2.24, 2.45) is 11.1 Å². The highest BCUT2D eigenvalue weighted by molar-refractivity contribution is 5.95. The van der Waals surface area contributed by atoms with Crippen molar-refractivity contribution in [3.63, 3.8) is 0 Å². The van der Waals surface area contributed by atoms with Gasteiger partial charge in [0, 0.05) is 31.8 Å². The Morgan fingerprint density at radius 3 is 2.28 bits per heavy atom. The fourth-order valence-corrected chi connectivity index (χ4v) is 5.08. The average molecular weight is 715 g/mol. The lowest BCUT2D eigenvalue weighted by molar-refractivity contribution is -0.138. The molecule has 50 heavy (non-hydrogen) atoms. The number of nitrogens with zero attached hydrogens (tertiary/aromatic N) is 3. The van der Waals surface area contributed by atoms with Gasteiger partial charge in [0.25, 0.3) is 0 Å². The van der Waals surface area contributed by atoms with Crippen LogP contribution in [0.5, 0.6) is 0 Å². The highest BCUT2D eigenvalue weighted by Crippen LogP contribution is 2.18. The van der Waals surface area contributed by atoms with Crippen molar-refractivity contribution in [1.29, 1.82) is 0 Å². The summed E-state index contributed by atoms with van der Waals surface area (Å²) in [5, 5.41) is 70.7. The monoisotopic (exact) mass is 714 g/mol. The summed E-state index contributed by atoms with van der Waals surface area (Å²) in [5.41, 5.74) is 0.470. The van der Waals surface area contributed by atoms with Crippen molar-refractivity contribution in [2.45, 2.75) is 95.0 Å². The van der Waals surface area contributed by atoms with Gasteiger partial charge in [0.05, 0.1) is 32.3 Å². The third-order valence-electron chi connectivity index (χ3n) is 7.79. The number of rotatable bonds is 21. The molecule has 5 amide bonds. The fraction of sp³-hybridized carbons (Fsp3) is 0.700. The number of amides is 5. The van der Waals surface area contributed by atoms with Gasteiger partial charge in [-0.05, 0) is 25.2 Å². The highest BCUT2D eigenvalue weighted by atomic mass is 16.6. The van der Waals surface area contributed by atoms with Crippen molar-refractivity contribution < 1.29 is 59.4 Å². The van der Waals surface area contributed by atoms with E-state index in [0.29, 0.717) is 25.1 Å². The number of hydrogen-bond acceptors (Lipinski definition) is 14. The van der Waals surface area contributed by atoms with E-state index in [0.717, 1.165) is 6.21 Å². The van der Waals surface area contributed by atoms with E-state index in [9.17, 15) is 49.5 Å². The van der Waals surface area contributed by atoms with Gasteiger partial charge in [-0.25, -0.2) is 4.98 Å². The van der Waals surface area contributed by atoms with E-state index in [-0.39, 0.29) is 37.8 Å². The Labute approximate surface area is 288 Å². The zero-order valence-corrected chi connectivity index (χ0v) is 28.3. The van der Waals surface area contributed by atoms with E-state index in [1.54, 1.807) is 0 Å². The second-order valence-corrected chi connectivity index (χ2v) is 12.2. The van der Waals surface area contributed by atoms with E-state index < -0.39 is 85.4 Å². The Kier molecular flexibility index (Phi) is 17.7. The molecule has 1 aromatic heterocycles. The summed E-state index contributed by atoms with van der Waals surface area (Å²) in [5.74, 6) is -3.07. The predicted octanol–water partition coefficient (Wildman–Crippen LogP) is -4.99. The summed E-state index contributed by atoms with van der Waals surface area (Å²) < 4.78 is 0. The quantitative estimate of drug-likeness (QED) is 0.0323. The standard InChI is InChI=1S/C30H50N8O12/c1-16(2)9-19(36-30(49)22-5-4-7-38(22)17(3)41)28(47)35-20(10-18-11-31-15-33-18)29(48)37-21(13-39)27(46)32-6-8-50-34-12-23(42)25(44)26(45)24(43)14-40/h11-12,15-16,19-26,39-40,42-45H,4-10,13-14H2,1-3H3,(H,31,33)(H,32,46)(H,35,47)(H,36,49)(H,37,48)/b34-12+/t19-,20-,21-,22-,23?,24?,25?,26?/m0/s1. The summed E-state index contributed by atoms with van der Waals surface area (Å²) in [7, 11) is 0. The maximum absolute atomic E-state index is 13.5. The SMILES string of the molecule is CC(=O)N1CCC[C@H]1C(=O)N[C@@H](CC(C)C)C(=O)N[C@@H](Cc1cnc[nH]1)C(=O)N[C@@H](CO)C(=O)NCCO/N=C/C(O)C(O)C(O)C(O)CO. The molecule has 4 unspecified atom stereocenters. The molecule has 0 spiro atoms. The minimum Gasteiger partial charge on any atom is -0.394 e. The Hall–Kier alpha value is -4.21. The molecule has 1 aliphatic heterocycles. The average Bonchev–Trinajstić information content (AvgIpc) is 3.79. The predicted molar refractivity (Wildman–Crippen MR) is 174 cm³/mol. The number of aromatic nitrogens is 2. The van der Waals surface area contributed by atoms with Crippen LogP contribution in [-0.4, -0.2) is 163 Å². The van der Waals surface area contributed by atoms with E-state index in [2.05, 4.69) is 36.4 Å². The first-order chi connectivity index (χ1) is 23.7. The Morgan fingerprint density at radius 2 is 1.68 bits per heavy atom. The molecule has 2 heterocycles. The van der Waals surface area contributed by atoms with E-state index in [1.807, 2.05) is 13.8 Å². The van der Waals surface area contributed by atoms with Gasteiger partial charge in [-0.1, -0.05) is 19.0 Å². The number of aliphatic hydroxyl groups is 6. The molecule has 2 rings (SSSR count). The second-order valence-electron chi connectivity index (χ2n) is 12.2. The number of likely N-dealkylation sites (tertiary alicyclic amines) is 1. The van der Waals surface area contributed by atoms with Crippen molar-refractivity contribution in [3.8, 4) is 0 Å². The maximum atomic E-state index is 13.5. The smallest absolute Gasteiger partial charge is 0.245 e. The molecule has 0 aliphatic carbocycles. The number of H-pyrrole nitrogens is 1. The van der Waals surface area contributed by atoms with E-state index in [1.165, 1.54) is 24.3 Å². The number of oxime groups is 1. The number of carbonyl (C=O) groups excluding carboxylic acids is 5. The van der Waals surface area contributed by atoms with E-state index in [4.69, 9.17) is 9.94 Å². The number of nitrogens with one attached hydrogen (secondary N) is 5. The largest absolute Gasteiger partial charge is 0.394 e. The maximum Gasteiger partial charge on any atom is 0.245 e. The third kappa shape index (κ3) is 13.2. The van der Waals surface area contributed by atoms with Gasteiger partial charge >= 0.3 is 0 Å². The molecule has 1 aromatic rings. The normalized spacial score (nSPS) is 18.8. The molecular formula is C30H50N8O12. The minimum atomic E-state index is -1.88. The van der Waals surface area contributed by atoms with Crippen LogP contribution in [0.3, 0.4) is 0 Å². The molecule has 20 nitrogen and oxygen atoms in total. The summed E-state index contributed by atoms with van der Waals surface area (Å²) in [6.07, 6.45) is -2.42. The molecule has 0 bridgehead atoms. The summed E-state index contributed by atoms with van der Waals surface area (Å²) >= 11 is 0. The van der Waals surface area contributed by atoms with Crippen molar-refractivity contribution in [2.75, 3.05) is 32.9 Å². The van der Waals surface area contributed by atoms with E-state index >= 15 is 0 Å². The first kappa shape index (κ1) is 42.0. The lowest BCUT2D eigenvalue weighted by Crippen LogP contribution is -2.59. The van der Waals surface area contributed by atoms with Gasteiger partial charge in [-0.3, -0.25) is 24.0 Å². The minimum absolute atomic E-state index is 0.0361. The molecule has 1 fully saturated rings. The third-order valence-corrected chi connectivity index (χ3v) is 7.79. The molecule has 8 atom stereocenters. The molecule has 1 aliphatic rings. The van der Waals surface area contributed by atoms with Gasteiger partial charge in [0.1, 0.15) is 55.2 Å². The van der Waals surface area contributed by atoms with Crippen LogP contribution in [0.1, 0.15) is 45.7 Å². The Bertz CT molecular complexity index is 1270. The van der Waals surface area contributed by atoms with Crippen LogP contribution in [0, 0.1) is 5.92 Å². The summed E-state index contributed by atoms with van der Waals surface area (Å²) in [6, 6.07) is -4.48. The van der Waals surface area contributed by atoms with Crippen LogP contribution in [-0.2, 0) is 35.2 Å². The van der Waals surface area contributed by atoms with Gasteiger partial charge in [0.2, 0.25) is 29.5 Å². The van der Waals surface area contributed by atoms with Crippen LogP contribution in [0.15, 0.2) is 17.7 Å². The van der Waals surface area contributed by atoms with Crippen LogP contribution >= 0.6 is 0 Å². The molecule has 0 aromatic carbocycles. The van der Waals surface area contributed by atoms with Crippen LogP contribution < -0.4 is 21.3 Å². The molecule has 282 valence electrons. The molecule has 0 saturated carbocycles. The highest BCUT2D eigenvalue weighted by Gasteiger charge is 2.36. The lowest BCUT2D eigenvalue weighted by Gasteiger charge is -2.28. The van der Waals surface area contributed by atoms with Crippen LogP contribution in [0.2, 0.25) is 0 Å². The molecule has 0 radical (unpaired) electrons. The molecular weight excluding hydrogens is 664 g/mol. The number of imidazole rings is 1. The zero-order chi connectivity index (χ0) is 37.4. The van der Waals surface area contributed by atoms with Gasteiger partial charge in [-0.2, -0.15) is 0 Å². The van der Waals surface area contributed by atoms with Crippen molar-refractivity contribution in [1.82, 2.24) is 36.1 Å². The Morgan fingerprint density at radius 1 is 1.00 bits per heavy atom. The van der Waals surface area contributed by atoms with Crippen molar-refractivity contribution in [3.05, 3.63) is 18.2 Å². The lowest BCUT2D eigenvalue weighted by atomic mass is 10.0. The molecule has 20 heteroatoms. The van der Waals surface area contributed by atoms with Gasteiger partial charge < -0.3 is 66.6 Å². The number of carbonyl (C=O) groups is 5. The summed E-state index contributed by atoms with van der Waals surface area (Å²) in [6.45, 7) is 3.41. The number of hydrogen-bond donors (Lipinski definition) is 11. The van der Waals surface area contributed by atoms with Crippen LogP contribution in [0.4, 0.5) is 0 Å². The molecule has 11 N–H and O–H groups in total. The second kappa shape index (κ2) is 21.1. The number of aliphatic hydroxyl groups excluding tert-OH is 6. The van der Waals surface area contributed by atoms with Crippen LogP contribution in [0.25, 0.3) is 0 Å².